The lowest BCUT2D eigenvalue weighted by atomic mass is 9.85. The third kappa shape index (κ3) is 3.81. The molecule has 5 rings (SSSR count). The molecular weight excluding hydrogens is 428 g/mol. The minimum atomic E-state index is -0.290. The molecule has 3 aliphatic rings. The largest absolute Gasteiger partial charge is 0.337 e. The first-order valence-electron chi connectivity index (χ1n) is 11.0. The van der Waals surface area contributed by atoms with Crippen LogP contribution in [0.5, 0.6) is 0 Å². The van der Waals surface area contributed by atoms with E-state index < -0.39 is 0 Å². The maximum atomic E-state index is 12.7. The molecule has 0 atom stereocenters. The summed E-state index contributed by atoms with van der Waals surface area (Å²) in [7, 11) is 0. The first-order chi connectivity index (χ1) is 15.5. The van der Waals surface area contributed by atoms with Crippen LogP contribution in [0, 0.1) is 5.92 Å². The van der Waals surface area contributed by atoms with Gasteiger partial charge in [-0.05, 0) is 31.4 Å². The van der Waals surface area contributed by atoms with Crippen LogP contribution in [-0.4, -0.2) is 51.5 Å². The molecule has 32 heavy (non-hydrogen) atoms. The van der Waals surface area contributed by atoms with Gasteiger partial charge in [0, 0.05) is 36.7 Å². The lowest BCUT2D eigenvalue weighted by Gasteiger charge is -2.26. The van der Waals surface area contributed by atoms with E-state index in [0.29, 0.717) is 42.2 Å². The molecule has 0 radical (unpaired) electrons. The van der Waals surface area contributed by atoms with Gasteiger partial charge in [0.15, 0.2) is 5.13 Å². The van der Waals surface area contributed by atoms with Gasteiger partial charge in [-0.2, -0.15) is 0 Å². The van der Waals surface area contributed by atoms with Crippen molar-refractivity contribution in [2.45, 2.75) is 45.1 Å². The van der Waals surface area contributed by atoms with Crippen molar-refractivity contribution in [2.24, 2.45) is 5.92 Å². The summed E-state index contributed by atoms with van der Waals surface area (Å²) in [4.78, 5) is 58.4. The molecule has 166 valence electrons. The Morgan fingerprint density at radius 2 is 1.84 bits per heavy atom. The van der Waals surface area contributed by atoms with Crippen LogP contribution in [0.25, 0.3) is 0 Å². The van der Waals surface area contributed by atoms with Crippen LogP contribution in [-0.2, 0) is 22.6 Å². The van der Waals surface area contributed by atoms with Gasteiger partial charge in [-0.3, -0.25) is 24.1 Å². The summed E-state index contributed by atoms with van der Waals surface area (Å²) in [6, 6.07) is 6.80. The van der Waals surface area contributed by atoms with Gasteiger partial charge in [0.1, 0.15) is 0 Å². The molecule has 0 saturated heterocycles. The van der Waals surface area contributed by atoms with Crippen LogP contribution in [0.4, 0.5) is 5.13 Å². The van der Waals surface area contributed by atoms with Crippen molar-refractivity contribution < 1.29 is 19.2 Å². The summed E-state index contributed by atoms with van der Waals surface area (Å²) in [5.74, 6) is -0.427. The van der Waals surface area contributed by atoms with Crippen molar-refractivity contribution in [3.8, 4) is 0 Å². The number of aromatic nitrogens is 1. The van der Waals surface area contributed by atoms with E-state index >= 15 is 0 Å². The summed E-state index contributed by atoms with van der Waals surface area (Å²) >= 11 is 1.44. The maximum Gasteiger partial charge on any atom is 0.261 e. The Labute approximate surface area is 189 Å². The molecule has 0 unspecified atom stereocenters. The van der Waals surface area contributed by atoms with Gasteiger partial charge in [-0.15, -0.1) is 0 Å². The Kier molecular flexibility index (Phi) is 5.50. The first-order valence-corrected chi connectivity index (χ1v) is 11.9. The highest BCUT2D eigenvalue weighted by molar-refractivity contribution is 7.15. The average Bonchev–Trinajstić information content (AvgIpc) is 3.25. The SMILES string of the molecule is O=C(Nc1nc2c(s1)CN(C(=O)CCCN1C(=O)c3ccccc3C1=O)CC2)C1CCC1. The molecule has 9 heteroatoms. The van der Waals surface area contributed by atoms with Crippen molar-refractivity contribution >= 4 is 40.1 Å². The highest BCUT2D eigenvalue weighted by atomic mass is 32.1. The number of hydrogen-bond acceptors (Lipinski definition) is 6. The lowest BCUT2D eigenvalue weighted by Crippen LogP contribution is -2.36. The van der Waals surface area contributed by atoms with Gasteiger partial charge >= 0.3 is 0 Å². The van der Waals surface area contributed by atoms with Crippen LogP contribution in [0.2, 0.25) is 0 Å². The molecule has 1 N–H and O–H groups in total. The highest BCUT2D eigenvalue weighted by Crippen LogP contribution is 2.32. The van der Waals surface area contributed by atoms with E-state index in [-0.39, 0.29) is 42.5 Å². The topological polar surface area (TPSA) is 99.7 Å². The highest BCUT2D eigenvalue weighted by Gasteiger charge is 2.35. The number of hydrogen-bond donors (Lipinski definition) is 1. The molecular formula is C23H24N4O4S. The molecule has 1 aromatic heterocycles. The molecule has 2 aromatic rings. The molecule has 1 fully saturated rings. The summed E-state index contributed by atoms with van der Waals surface area (Å²) in [5.41, 5.74) is 1.81. The second kappa shape index (κ2) is 8.46. The molecule has 0 spiro atoms. The van der Waals surface area contributed by atoms with Gasteiger partial charge in [0.05, 0.1) is 23.4 Å². The Balaban J connectivity index is 1.13. The van der Waals surface area contributed by atoms with Gasteiger partial charge in [-0.1, -0.05) is 29.9 Å². The number of carbonyl (C=O) groups excluding carboxylic acids is 4. The third-order valence-electron chi connectivity index (χ3n) is 6.44. The van der Waals surface area contributed by atoms with E-state index in [1.807, 2.05) is 0 Å². The third-order valence-corrected chi connectivity index (χ3v) is 7.44. The van der Waals surface area contributed by atoms with E-state index in [1.54, 1.807) is 29.2 Å². The molecule has 0 bridgehead atoms. The number of carbonyl (C=O) groups is 4. The van der Waals surface area contributed by atoms with Crippen molar-refractivity contribution in [3.63, 3.8) is 0 Å². The van der Waals surface area contributed by atoms with Crippen molar-refractivity contribution in [2.75, 3.05) is 18.4 Å². The van der Waals surface area contributed by atoms with E-state index in [2.05, 4.69) is 10.3 Å². The fourth-order valence-electron chi connectivity index (χ4n) is 4.33. The molecule has 8 nitrogen and oxygen atoms in total. The normalized spacial score (nSPS) is 17.8. The summed E-state index contributed by atoms with van der Waals surface area (Å²) in [6.45, 7) is 1.30. The first kappa shape index (κ1) is 20.8. The fourth-order valence-corrected chi connectivity index (χ4v) is 5.36. The molecule has 2 aliphatic heterocycles. The number of nitrogens with one attached hydrogen (secondary N) is 1. The second-order valence-corrected chi connectivity index (χ2v) is 9.57. The predicted octanol–water partition coefficient (Wildman–Crippen LogP) is 2.84. The number of thiazole rings is 1. The Hall–Kier alpha value is -3.07. The summed E-state index contributed by atoms with van der Waals surface area (Å²) in [5, 5.41) is 3.54. The van der Waals surface area contributed by atoms with Gasteiger partial charge < -0.3 is 10.2 Å². The smallest absolute Gasteiger partial charge is 0.261 e. The van der Waals surface area contributed by atoms with Gasteiger partial charge in [-0.25, -0.2) is 4.98 Å². The van der Waals surface area contributed by atoms with Gasteiger partial charge in [0.2, 0.25) is 11.8 Å². The van der Waals surface area contributed by atoms with E-state index in [0.717, 1.165) is 29.8 Å². The number of rotatable bonds is 6. The molecule has 4 amide bonds. The number of anilines is 1. The van der Waals surface area contributed by atoms with Crippen molar-refractivity contribution in [1.82, 2.24) is 14.8 Å². The van der Waals surface area contributed by atoms with Crippen molar-refractivity contribution in [1.29, 1.82) is 0 Å². The number of nitrogens with zero attached hydrogens (tertiary/aromatic N) is 3. The van der Waals surface area contributed by atoms with E-state index in [4.69, 9.17) is 0 Å². The number of imide groups is 1. The van der Waals surface area contributed by atoms with Gasteiger partial charge in [0.25, 0.3) is 11.8 Å². The number of amides is 4. The van der Waals surface area contributed by atoms with E-state index in [9.17, 15) is 19.2 Å². The molecule has 1 saturated carbocycles. The zero-order valence-corrected chi connectivity index (χ0v) is 18.5. The van der Waals surface area contributed by atoms with E-state index in [1.165, 1.54) is 16.2 Å². The summed E-state index contributed by atoms with van der Waals surface area (Å²) in [6.07, 6.45) is 4.36. The van der Waals surface area contributed by atoms with Crippen LogP contribution < -0.4 is 5.32 Å². The molecule has 3 heterocycles. The standard InChI is InChI=1S/C23H24N4O4S/c28-19(9-4-11-27-21(30)15-7-1-2-8-16(15)22(27)31)26-12-10-17-18(13-26)32-23(24-17)25-20(29)14-5-3-6-14/h1-2,7-8,14H,3-6,9-13H2,(H,24,25,29). The fraction of sp³-hybridized carbons (Fsp3) is 0.435. The average molecular weight is 453 g/mol. The summed E-state index contributed by atoms with van der Waals surface area (Å²) < 4.78 is 0. The zero-order chi connectivity index (χ0) is 22.2. The minimum Gasteiger partial charge on any atom is -0.337 e. The monoisotopic (exact) mass is 452 g/mol. The van der Waals surface area contributed by atoms with Crippen LogP contribution in [0.3, 0.4) is 0 Å². The zero-order valence-electron chi connectivity index (χ0n) is 17.6. The quantitative estimate of drug-likeness (QED) is 0.680. The Morgan fingerprint density at radius 3 is 2.50 bits per heavy atom. The minimum absolute atomic E-state index is 0.000660. The lowest BCUT2D eigenvalue weighted by molar-refractivity contribution is -0.132. The van der Waals surface area contributed by atoms with Crippen LogP contribution in [0.1, 0.15) is 63.4 Å². The van der Waals surface area contributed by atoms with Crippen LogP contribution in [0.15, 0.2) is 24.3 Å². The number of benzene rings is 1. The number of fused-ring (bicyclic) bond motifs is 2. The maximum absolute atomic E-state index is 12.7. The Bertz CT molecular complexity index is 1070. The Morgan fingerprint density at radius 1 is 1.12 bits per heavy atom. The molecule has 1 aliphatic carbocycles. The van der Waals surface area contributed by atoms with Crippen molar-refractivity contribution in [3.05, 3.63) is 46.0 Å². The van der Waals surface area contributed by atoms with Crippen LogP contribution >= 0.6 is 11.3 Å². The molecule has 1 aromatic carbocycles. The predicted molar refractivity (Wildman–Crippen MR) is 118 cm³/mol. The second-order valence-electron chi connectivity index (χ2n) is 8.48.